The van der Waals surface area contributed by atoms with Crippen molar-refractivity contribution >= 4 is 22.9 Å². The van der Waals surface area contributed by atoms with Crippen molar-refractivity contribution in [3.63, 3.8) is 0 Å². The molecule has 114 valence electrons. The second-order valence-corrected chi connectivity index (χ2v) is 5.99. The minimum atomic E-state index is 0.0751. The topological polar surface area (TPSA) is 30.5 Å². The fraction of sp³-hybridized carbons (Fsp3) is 0.375. The fourth-order valence-corrected chi connectivity index (χ4v) is 3.35. The van der Waals surface area contributed by atoms with Crippen LogP contribution in [-0.2, 0) is 0 Å². The number of thiophene rings is 1. The third-order valence-electron chi connectivity index (χ3n) is 3.25. The number of halogens is 1. The second kappa shape index (κ2) is 7.69. The SMILES string of the molecule is CCCNC(c1ccc(Cl)c(OC)c1)c1sccc1OC. The van der Waals surface area contributed by atoms with Gasteiger partial charge in [-0.15, -0.1) is 11.3 Å². The van der Waals surface area contributed by atoms with Gasteiger partial charge in [0, 0.05) is 0 Å². The zero-order valence-corrected chi connectivity index (χ0v) is 14.1. The van der Waals surface area contributed by atoms with E-state index in [4.69, 9.17) is 21.1 Å². The van der Waals surface area contributed by atoms with Crippen LogP contribution in [0, 0.1) is 0 Å². The van der Waals surface area contributed by atoms with Crippen molar-refractivity contribution < 1.29 is 9.47 Å². The highest BCUT2D eigenvalue weighted by Crippen LogP contribution is 2.37. The van der Waals surface area contributed by atoms with Gasteiger partial charge in [-0.1, -0.05) is 24.6 Å². The van der Waals surface area contributed by atoms with Gasteiger partial charge in [0.05, 0.1) is 30.2 Å². The first-order chi connectivity index (χ1) is 10.2. The van der Waals surface area contributed by atoms with E-state index in [0.29, 0.717) is 10.8 Å². The third-order valence-corrected chi connectivity index (χ3v) is 4.52. The molecule has 1 unspecified atom stereocenters. The molecule has 0 fully saturated rings. The van der Waals surface area contributed by atoms with E-state index in [1.807, 2.05) is 29.6 Å². The molecule has 1 N–H and O–H groups in total. The standard InChI is InChI=1S/C16H20ClNO2S/c1-4-8-18-15(16-13(19-2)7-9-21-16)11-5-6-12(17)14(10-11)20-3/h5-7,9-10,15,18H,4,8H2,1-3H3. The summed E-state index contributed by atoms with van der Waals surface area (Å²) in [6.07, 6.45) is 1.06. The summed E-state index contributed by atoms with van der Waals surface area (Å²) in [6.45, 7) is 3.08. The second-order valence-electron chi connectivity index (χ2n) is 4.63. The first-order valence-electron chi connectivity index (χ1n) is 6.89. The molecule has 0 aliphatic rings. The Morgan fingerprint density at radius 2 is 1.95 bits per heavy atom. The molecule has 5 heteroatoms. The van der Waals surface area contributed by atoms with Crippen LogP contribution in [0.25, 0.3) is 0 Å². The van der Waals surface area contributed by atoms with E-state index in [-0.39, 0.29) is 6.04 Å². The Labute approximate surface area is 134 Å². The summed E-state index contributed by atoms with van der Waals surface area (Å²) in [6, 6.07) is 7.95. The van der Waals surface area contributed by atoms with Gasteiger partial charge in [-0.25, -0.2) is 0 Å². The lowest BCUT2D eigenvalue weighted by molar-refractivity contribution is 0.405. The van der Waals surface area contributed by atoms with Crippen LogP contribution in [0.2, 0.25) is 5.02 Å². The van der Waals surface area contributed by atoms with Gasteiger partial charge in [-0.2, -0.15) is 0 Å². The summed E-state index contributed by atoms with van der Waals surface area (Å²) >= 11 is 7.81. The van der Waals surface area contributed by atoms with E-state index in [2.05, 4.69) is 12.2 Å². The Bertz CT molecular complexity index is 585. The Morgan fingerprint density at radius 3 is 2.62 bits per heavy atom. The smallest absolute Gasteiger partial charge is 0.137 e. The van der Waals surface area contributed by atoms with Crippen molar-refractivity contribution in [1.29, 1.82) is 0 Å². The van der Waals surface area contributed by atoms with Gasteiger partial charge < -0.3 is 14.8 Å². The molecule has 1 heterocycles. The summed E-state index contributed by atoms with van der Waals surface area (Å²) in [5.41, 5.74) is 1.12. The van der Waals surface area contributed by atoms with Crippen molar-refractivity contribution in [3.8, 4) is 11.5 Å². The maximum absolute atomic E-state index is 6.12. The molecule has 1 atom stereocenters. The monoisotopic (exact) mass is 325 g/mol. The molecule has 0 aliphatic carbocycles. The largest absolute Gasteiger partial charge is 0.496 e. The van der Waals surface area contributed by atoms with Crippen molar-refractivity contribution in [3.05, 3.63) is 45.1 Å². The molecular formula is C16H20ClNO2S. The maximum Gasteiger partial charge on any atom is 0.137 e. The first kappa shape index (κ1) is 16.1. The average molecular weight is 326 g/mol. The number of hydrogen-bond acceptors (Lipinski definition) is 4. The number of nitrogens with one attached hydrogen (secondary N) is 1. The van der Waals surface area contributed by atoms with E-state index in [9.17, 15) is 0 Å². The zero-order valence-electron chi connectivity index (χ0n) is 12.5. The number of ether oxygens (including phenoxy) is 2. The van der Waals surface area contributed by atoms with Crippen LogP contribution in [0.4, 0.5) is 0 Å². The molecule has 1 aromatic heterocycles. The fourth-order valence-electron chi connectivity index (χ4n) is 2.19. The normalized spacial score (nSPS) is 12.2. The molecule has 0 spiro atoms. The summed E-state index contributed by atoms with van der Waals surface area (Å²) in [4.78, 5) is 1.16. The molecule has 2 rings (SSSR count). The summed E-state index contributed by atoms with van der Waals surface area (Å²) in [5, 5.41) is 6.23. The van der Waals surface area contributed by atoms with Gasteiger partial charge in [0.15, 0.2) is 0 Å². The van der Waals surface area contributed by atoms with Crippen molar-refractivity contribution in [1.82, 2.24) is 5.32 Å². The lowest BCUT2D eigenvalue weighted by Crippen LogP contribution is -2.22. The average Bonchev–Trinajstić information content (AvgIpc) is 2.97. The van der Waals surface area contributed by atoms with E-state index in [1.165, 1.54) is 0 Å². The Morgan fingerprint density at radius 1 is 1.19 bits per heavy atom. The summed E-state index contributed by atoms with van der Waals surface area (Å²) in [5.74, 6) is 1.59. The first-order valence-corrected chi connectivity index (χ1v) is 8.15. The molecule has 0 amide bonds. The van der Waals surface area contributed by atoms with Crippen LogP contribution in [0.1, 0.15) is 29.8 Å². The van der Waals surface area contributed by atoms with Crippen LogP contribution >= 0.6 is 22.9 Å². The van der Waals surface area contributed by atoms with Gasteiger partial charge in [0.25, 0.3) is 0 Å². The Kier molecular flexibility index (Phi) is 5.91. The molecule has 3 nitrogen and oxygen atoms in total. The van der Waals surface area contributed by atoms with Crippen LogP contribution in [0.3, 0.4) is 0 Å². The molecule has 0 radical (unpaired) electrons. The Hall–Kier alpha value is -1.23. The minimum absolute atomic E-state index is 0.0751. The zero-order chi connectivity index (χ0) is 15.2. The third kappa shape index (κ3) is 3.70. The maximum atomic E-state index is 6.12. The summed E-state index contributed by atoms with van der Waals surface area (Å²) < 4.78 is 10.8. The minimum Gasteiger partial charge on any atom is -0.496 e. The molecule has 0 aliphatic heterocycles. The molecule has 0 saturated carbocycles. The highest BCUT2D eigenvalue weighted by atomic mass is 35.5. The van der Waals surface area contributed by atoms with Gasteiger partial charge >= 0.3 is 0 Å². The number of methoxy groups -OCH3 is 2. The molecule has 1 aromatic carbocycles. The number of hydrogen-bond donors (Lipinski definition) is 1. The van der Waals surface area contributed by atoms with E-state index >= 15 is 0 Å². The molecule has 0 bridgehead atoms. The van der Waals surface area contributed by atoms with Crippen LogP contribution in [0.5, 0.6) is 11.5 Å². The number of rotatable bonds is 7. The predicted octanol–water partition coefficient (Wildman–Crippen LogP) is 4.51. The lowest BCUT2D eigenvalue weighted by atomic mass is 10.0. The van der Waals surface area contributed by atoms with Gasteiger partial charge in [0.2, 0.25) is 0 Å². The molecular weight excluding hydrogens is 306 g/mol. The van der Waals surface area contributed by atoms with E-state index in [1.54, 1.807) is 25.6 Å². The van der Waals surface area contributed by atoms with Crippen molar-refractivity contribution in [2.75, 3.05) is 20.8 Å². The van der Waals surface area contributed by atoms with Gasteiger partial charge in [0.1, 0.15) is 11.5 Å². The molecule has 21 heavy (non-hydrogen) atoms. The van der Waals surface area contributed by atoms with Crippen LogP contribution in [0.15, 0.2) is 29.6 Å². The quantitative estimate of drug-likeness (QED) is 0.812. The lowest BCUT2D eigenvalue weighted by Gasteiger charge is -2.20. The van der Waals surface area contributed by atoms with Crippen LogP contribution in [-0.4, -0.2) is 20.8 Å². The van der Waals surface area contributed by atoms with E-state index < -0.39 is 0 Å². The van der Waals surface area contributed by atoms with E-state index in [0.717, 1.165) is 29.2 Å². The van der Waals surface area contributed by atoms with Gasteiger partial charge in [-0.3, -0.25) is 0 Å². The number of benzene rings is 1. The molecule has 2 aromatic rings. The summed E-state index contributed by atoms with van der Waals surface area (Å²) in [7, 11) is 3.33. The predicted molar refractivity (Wildman–Crippen MR) is 89.0 cm³/mol. The highest BCUT2D eigenvalue weighted by molar-refractivity contribution is 7.10. The highest BCUT2D eigenvalue weighted by Gasteiger charge is 2.20. The van der Waals surface area contributed by atoms with Crippen molar-refractivity contribution in [2.45, 2.75) is 19.4 Å². The van der Waals surface area contributed by atoms with Crippen LogP contribution < -0.4 is 14.8 Å². The van der Waals surface area contributed by atoms with Crippen molar-refractivity contribution in [2.24, 2.45) is 0 Å². The van der Waals surface area contributed by atoms with Gasteiger partial charge in [-0.05, 0) is 42.1 Å². The Balaban J connectivity index is 2.40. The molecule has 0 saturated heterocycles.